The van der Waals surface area contributed by atoms with Crippen LogP contribution in [0.1, 0.15) is 31.2 Å². The first kappa shape index (κ1) is 26.1. The molecule has 2 fully saturated rings. The Morgan fingerprint density at radius 1 is 1.03 bits per heavy atom. The summed E-state index contributed by atoms with van der Waals surface area (Å²) in [5.41, 5.74) is 9.29. The van der Waals surface area contributed by atoms with Gasteiger partial charge < -0.3 is 26.1 Å². The van der Waals surface area contributed by atoms with Gasteiger partial charge in [-0.2, -0.15) is 0 Å². The Morgan fingerprint density at radius 3 is 2.50 bits per heavy atom. The number of amides is 1. The van der Waals surface area contributed by atoms with Gasteiger partial charge in [0.05, 0.1) is 17.6 Å². The van der Waals surface area contributed by atoms with Crippen LogP contribution in [-0.4, -0.2) is 66.7 Å². The van der Waals surface area contributed by atoms with E-state index in [9.17, 15) is 4.79 Å². The number of piperidine rings is 2. The number of benzene rings is 1. The predicted molar refractivity (Wildman–Crippen MR) is 151 cm³/mol. The average Bonchev–Trinajstić information content (AvgIpc) is 2.97. The van der Waals surface area contributed by atoms with Crippen molar-refractivity contribution in [3.63, 3.8) is 0 Å². The number of hydrogen-bond donors (Lipinski definition) is 3. The molecule has 8 nitrogen and oxygen atoms in total. The largest absolute Gasteiger partial charge is 0.391 e. The van der Waals surface area contributed by atoms with Crippen LogP contribution in [-0.2, 0) is 16.2 Å². The minimum atomic E-state index is 0.0209. The van der Waals surface area contributed by atoms with Gasteiger partial charge in [0.1, 0.15) is 6.61 Å². The highest BCUT2D eigenvalue weighted by atomic mass is 16.6. The van der Waals surface area contributed by atoms with Gasteiger partial charge in [-0.1, -0.05) is 53.7 Å². The number of likely N-dealkylation sites (tertiary alicyclic amines) is 2. The van der Waals surface area contributed by atoms with Gasteiger partial charge in [0.15, 0.2) is 0 Å². The molecule has 1 unspecified atom stereocenters. The number of carbonyl (C=O) groups is 1. The van der Waals surface area contributed by atoms with Gasteiger partial charge in [-0.05, 0) is 68.3 Å². The Labute approximate surface area is 225 Å². The van der Waals surface area contributed by atoms with Gasteiger partial charge in [-0.3, -0.25) is 9.69 Å². The van der Waals surface area contributed by atoms with Crippen molar-refractivity contribution in [3.05, 3.63) is 83.9 Å². The average molecular weight is 517 g/mol. The van der Waals surface area contributed by atoms with Crippen LogP contribution in [0.3, 0.4) is 0 Å². The third-order valence-electron chi connectivity index (χ3n) is 7.93. The summed E-state index contributed by atoms with van der Waals surface area (Å²) in [4.78, 5) is 23.7. The van der Waals surface area contributed by atoms with Gasteiger partial charge in [0, 0.05) is 38.0 Å². The Hall–Kier alpha value is -3.52. The van der Waals surface area contributed by atoms with Crippen LogP contribution >= 0.6 is 0 Å². The second-order valence-electron chi connectivity index (χ2n) is 10.6. The minimum Gasteiger partial charge on any atom is -0.391 e. The first-order chi connectivity index (χ1) is 18.7. The molecule has 4 N–H and O–H groups in total. The lowest BCUT2D eigenvalue weighted by Gasteiger charge is -2.38. The molecule has 4 heterocycles. The second kappa shape index (κ2) is 12.8. The van der Waals surface area contributed by atoms with Gasteiger partial charge in [0.2, 0.25) is 5.91 Å². The zero-order valence-electron chi connectivity index (χ0n) is 22.1. The summed E-state index contributed by atoms with van der Waals surface area (Å²) in [6, 6.07) is 10.1. The number of nitrogens with zero attached hydrogens (tertiary/aromatic N) is 3. The number of oxime groups is 1. The monoisotopic (exact) mass is 516 g/mol. The predicted octanol–water partition coefficient (Wildman–Crippen LogP) is 2.88. The van der Waals surface area contributed by atoms with E-state index in [2.05, 4.69) is 37.7 Å². The molecule has 202 valence electrons. The molecule has 0 spiro atoms. The molecule has 38 heavy (non-hydrogen) atoms. The molecule has 4 aliphatic heterocycles. The molecular weight excluding hydrogens is 476 g/mol. The molecule has 5 rings (SSSR count). The van der Waals surface area contributed by atoms with E-state index >= 15 is 0 Å². The number of dihydropyridines is 2. The molecule has 1 aromatic rings. The van der Waals surface area contributed by atoms with E-state index in [1.54, 1.807) is 0 Å². The van der Waals surface area contributed by atoms with Crippen LogP contribution in [0.5, 0.6) is 0 Å². The molecular formula is C30H40N6O2. The maximum atomic E-state index is 13.4. The van der Waals surface area contributed by atoms with E-state index in [0.717, 1.165) is 82.0 Å². The highest BCUT2D eigenvalue weighted by Gasteiger charge is 2.33. The Morgan fingerprint density at radius 2 is 1.79 bits per heavy atom. The molecule has 0 saturated carbocycles. The fourth-order valence-electron chi connectivity index (χ4n) is 5.74. The number of allylic oxidation sites excluding steroid dienone is 2. The number of hydrogen-bond acceptors (Lipinski definition) is 7. The van der Waals surface area contributed by atoms with Crippen LogP contribution in [0.15, 0.2) is 83.5 Å². The number of nitrogens with one attached hydrogen (secondary N) is 2. The molecule has 0 radical (unpaired) electrons. The van der Waals surface area contributed by atoms with Crippen molar-refractivity contribution in [1.82, 2.24) is 20.4 Å². The van der Waals surface area contributed by atoms with Gasteiger partial charge in [-0.25, -0.2) is 0 Å². The van der Waals surface area contributed by atoms with Crippen LogP contribution < -0.4 is 16.4 Å². The fourth-order valence-corrected chi connectivity index (χ4v) is 5.74. The van der Waals surface area contributed by atoms with Crippen LogP contribution in [0, 0.1) is 11.8 Å². The van der Waals surface area contributed by atoms with Gasteiger partial charge in [0.25, 0.3) is 0 Å². The maximum absolute atomic E-state index is 13.4. The van der Waals surface area contributed by atoms with E-state index in [-0.39, 0.29) is 17.9 Å². The third kappa shape index (κ3) is 6.86. The molecule has 0 aliphatic carbocycles. The molecule has 1 aromatic carbocycles. The summed E-state index contributed by atoms with van der Waals surface area (Å²) >= 11 is 0. The van der Waals surface area contributed by atoms with E-state index in [4.69, 9.17) is 10.6 Å². The lowest BCUT2D eigenvalue weighted by atomic mass is 9.86. The van der Waals surface area contributed by atoms with Crippen molar-refractivity contribution in [2.75, 3.05) is 39.3 Å². The number of carbonyl (C=O) groups excluding carboxylic acids is 1. The Balaban J connectivity index is 1.12. The topological polar surface area (TPSA) is 95.2 Å². The van der Waals surface area contributed by atoms with Crippen molar-refractivity contribution in [2.45, 2.75) is 38.3 Å². The van der Waals surface area contributed by atoms with Crippen LogP contribution in [0.4, 0.5) is 0 Å². The molecule has 0 bridgehead atoms. The summed E-state index contributed by atoms with van der Waals surface area (Å²) < 4.78 is 0. The van der Waals surface area contributed by atoms with Crippen LogP contribution in [0.25, 0.3) is 0 Å². The Kier molecular flexibility index (Phi) is 8.81. The zero-order chi connectivity index (χ0) is 26.2. The number of rotatable bonds is 8. The van der Waals surface area contributed by atoms with Crippen molar-refractivity contribution in [1.29, 1.82) is 0 Å². The van der Waals surface area contributed by atoms with E-state index in [0.29, 0.717) is 12.5 Å². The van der Waals surface area contributed by atoms with Crippen molar-refractivity contribution in [3.8, 4) is 0 Å². The SMILES string of the molecule is NC1=CC(CN2CCC(C(=O)N3CCC(/C(=N/OCc4ccccc4)C4C=CC=CN4)CC3)CC2)=CCN1. The van der Waals surface area contributed by atoms with Crippen LogP contribution in [0.2, 0.25) is 0 Å². The first-order valence-electron chi connectivity index (χ1n) is 13.9. The molecule has 0 aromatic heterocycles. The van der Waals surface area contributed by atoms with Gasteiger partial charge >= 0.3 is 0 Å². The van der Waals surface area contributed by atoms with Crippen molar-refractivity contribution in [2.24, 2.45) is 22.7 Å². The molecule has 1 atom stereocenters. The Bertz CT molecular complexity index is 1090. The lowest BCUT2D eigenvalue weighted by molar-refractivity contribution is -0.138. The fraction of sp³-hybridized carbons (Fsp3) is 0.467. The molecule has 2 saturated heterocycles. The van der Waals surface area contributed by atoms with Gasteiger partial charge in [-0.15, -0.1) is 0 Å². The maximum Gasteiger partial charge on any atom is 0.225 e. The highest BCUT2D eigenvalue weighted by molar-refractivity contribution is 5.93. The number of nitrogens with two attached hydrogens (primary N) is 1. The normalized spacial score (nSPS) is 23.3. The van der Waals surface area contributed by atoms with Crippen molar-refractivity contribution >= 4 is 11.6 Å². The second-order valence-corrected chi connectivity index (χ2v) is 10.6. The molecule has 4 aliphatic rings. The van der Waals surface area contributed by atoms with E-state index in [1.165, 1.54) is 5.57 Å². The summed E-state index contributed by atoms with van der Waals surface area (Å²) in [6.45, 7) is 5.60. The van der Waals surface area contributed by atoms with E-state index in [1.807, 2.05) is 54.8 Å². The van der Waals surface area contributed by atoms with Crippen molar-refractivity contribution < 1.29 is 9.63 Å². The highest BCUT2D eigenvalue weighted by Crippen LogP contribution is 2.26. The quantitative estimate of drug-likeness (QED) is 0.363. The van der Waals surface area contributed by atoms with E-state index < -0.39 is 0 Å². The third-order valence-corrected chi connectivity index (χ3v) is 7.93. The molecule has 8 heteroatoms. The summed E-state index contributed by atoms with van der Waals surface area (Å²) in [5, 5.41) is 11.2. The lowest BCUT2D eigenvalue weighted by Crippen LogP contribution is -2.48. The zero-order valence-corrected chi connectivity index (χ0v) is 22.1. The smallest absolute Gasteiger partial charge is 0.225 e. The summed E-state index contributed by atoms with van der Waals surface area (Å²) in [7, 11) is 0. The minimum absolute atomic E-state index is 0.0209. The summed E-state index contributed by atoms with van der Waals surface area (Å²) in [5.74, 6) is 1.47. The standard InChI is InChI=1S/C30H40N6O2/c31-28-20-24(9-15-33-28)21-35-16-10-26(11-17-35)30(37)36-18-12-25(13-19-36)29(27-8-4-5-14-32-27)34-38-22-23-6-2-1-3-7-23/h1-9,14,20,25-27,32-33H,10-13,15-19,21-22,31H2/b34-29-. The first-order valence-corrected chi connectivity index (χ1v) is 13.9. The summed E-state index contributed by atoms with van der Waals surface area (Å²) in [6.07, 6.45) is 16.0. The molecule has 1 amide bonds.